The minimum atomic E-state index is -0.254. The summed E-state index contributed by atoms with van der Waals surface area (Å²) in [6.07, 6.45) is 1.85. The van der Waals surface area contributed by atoms with Gasteiger partial charge in [-0.15, -0.1) is 0 Å². The van der Waals surface area contributed by atoms with Crippen LogP contribution in [0.5, 0.6) is 0 Å². The Labute approximate surface area is 137 Å². The Bertz CT molecular complexity index is 668. The van der Waals surface area contributed by atoms with Gasteiger partial charge in [-0.2, -0.15) is 0 Å². The fourth-order valence-corrected chi connectivity index (χ4v) is 3.53. The van der Waals surface area contributed by atoms with Crippen molar-refractivity contribution in [2.45, 2.75) is 31.7 Å². The summed E-state index contributed by atoms with van der Waals surface area (Å²) in [6.45, 7) is 2.72. The summed E-state index contributed by atoms with van der Waals surface area (Å²) in [5.74, 6) is 0.0381. The summed E-state index contributed by atoms with van der Waals surface area (Å²) in [6, 6.07) is 17.7. The van der Waals surface area contributed by atoms with Crippen LogP contribution in [0.15, 0.2) is 54.6 Å². The molecule has 0 spiro atoms. The normalized spacial score (nSPS) is 19.7. The number of likely N-dealkylation sites (tertiary alicyclic amines) is 1. The number of aliphatic hydroxyl groups excluding tert-OH is 1. The summed E-state index contributed by atoms with van der Waals surface area (Å²) >= 11 is 0. The van der Waals surface area contributed by atoms with E-state index in [1.54, 1.807) is 0 Å². The zero-order valence-electron chi connectivity index (χ0n) is 13.5. The molecule has 3 nitrogen and oxygen atoms in total. The summed E-state index contributed by atoms with van der Waals surface area (Å²) in [5, 5.41) is 9.87. The highest BCUT2D eigenvalue weighted by Gasteiger charge is 2.34. The number of hydrogen-bond acceptors (Lipinski definition) is 2. The van der Waals surface area contributed by atoms with E-state index in [4.69, 9.17) is 0 Å². The van der Waals surface area contributed by atoms with Crippen LogP contribution in [0, 0.1) is 6.92 Å². The van der Waals surface area contributed by atoms with Crippen molar-refractivity contribution < 1.29 is 9.90 Å². The lowest BCUT2D eigenvalue weighted by molar-refractivity contribution is -0.139. The van der Waals surface area contributed by atoms with Crippen LogP contribution in [-0.2, 0) is 4.79 Å². The van der Waals surface area contributed by atoms with E-state index in [9.17, 15) is 9.90 Å². The first-order chi connectivity index (χ1) is 11.2. The molecule has 1 fully saturated rings. The Kier molecular flexibility index (Phi) is 4.77. The first-order valence-corrected chi connectivity index (χ1v) is 8.24. The second kappa shape index (κ2) is 6.97. The van der Waals surface area contributed by atoms with Crippen LogP contribution < -0.4 is 0 Å². The van der Waals surface area contributed by atoms with Crippen LogP contribution in [-0.4, -0.2) is 29.1 Å². The number of nitrogens with zero attached hydrogens (tertiary/aromatic N) is 1. The van der Waals surface area contributed by atoms with Crippen molar-refractivity contribution in [3.63, 3.8) is 0 Å². The van der Waals surface area contributed by atoms with Crippen LogP contribution >= 0.6 is 0 Å². The van der Waals surface area contributed by atoms with Crippen LogP contribution in [0.3, 0.4) is 0 Å². The van der Waals surface area contributed by atoms with E-state index in [1.807, 2.05) is 47.4 Å². The Hall–Kier alpha value is -2.13. The first kappa shape index (κ1) is 15.8. The van der Waals surface area contributed by atoms with Crippen molar-refractivity contribution in [3.05, 3.63) is 71.3 Å². The molecular weight excluding hydrogens is 286 g/mol. The Balaban J connectivity index is 1.89. The molecule has 1 aliphatic heterocycles. The molecule has 1 heterocycles. The topological polar surface area (TPSA) is 40.5 Å². The highest BCUT2D eigenvalue weighted by atomic mass is 16.3. The second-order valence-corrected chi connectivity index (χ2v) is 6.19. The Morgan fingerprint density at radius 3 is 2.52 bits per heavy atom. The molecule has 0 radical (unpaired) electrons. The van der Waals surface area contributed by atoms with E-state index in [0.29, 0.717) is 6.54 Å². The molecule has 2 aromatic carbocycles. The van der Waals surface area contributed by atoms with Crippen molar-refractivity contribution in [1.82, 2.24) is 4.90 Å². The number of carbonyl (C=O) groups excluding carboxylic acids is 1. The Morgan fingerprint density at radius 1 is 1.13 bits per heavy atom. The van der Waals surface area contributed by atoms with Gasteiger partial charge in [0, 0.05) is 6.54 Å². The molecule has 23 heavy (non-hydrogen) atoms. The quantitative estimate of drug-likeness (QED) is 0.940. The predicted octanol–water partition coefficient (Wildman–Crippen LogP) is 3.43. The van der Waals surface area contributed by atoms with E-state index >= 15 is 0 Å². The van der Waals surface area contributed by atoms with Crippen molar-refractivity contribution in [2.24, 2.45) is 0 Å². The summed E-state index contributed by atoms with van der Waals surface area (Å²) in [7, 11) is 0. The van der Waals surface area contributed by atoms with Gasteiger partial charge in [0.05, 0.1) is 18.6 Å². The predicted molar refractivity (Wildman–Crippen MR) is 91.1 cm³/mol. The second-order valence-electron chi connectivity index (χ2n) is 6.19. The Morgan fingerprint density at radius 2 is 1.83 bits per heavy atom. The lowest BCUT2D eigenvalue weighted by Crippen LogP contribution is -2.43. The minimum Gasteiger partial charge on any atom is -0.394 e. The van der Waals surface area contributed by atoms with Gasteiger partial charge in [0.2, 0.25) is 5.91 Å². The van der Waals surface area contributed by atoms with Crippen molar-refractivity contribution in [3.8, 4) is 0 Å². The van der Waals surface area contributed by atoms with Crippen LogP contribution in [0.4, 0.5) is 0 Å². The standard InChI is InChI=1S/C20H23NO2/c1-15-8-5-6-11-17(15)18-12-7-13-21(20(18)23)19(14-22)16-9-3-2-4-10-16/h2-6,8-11,18-19,22H,7,12-14H2,1H3/t18-,19+/m1/s1. The number of carbonyl (C=O) groups is 1. The lowest BCUT2D eigenvalue weighted by atomic mass is 9.86. The number of amides is 1. The van der Waals surface area contributed by atoms with Gasteiger partial charge in [-0.1, -0.05) is 54.6 Å². The number of rotatable bonds is 4. The third kappa shape index (κ3) is 3.15. The molecule has 1 saturated heterocycles. The smallest absolute Gasteiger partial charge is 0.230 e. The third-order valence-electron chi connectivity index (χ3n) is 4.77. The zero-order chi connectivity index (χ0) is 16.2. The molecule has 0 saturated carbocycles. The van der Waals surface area contributed by atoms with Crippen LogP contribution in [0.2, 0.25) is 0 Å². The van der Waals surface area contributed by atoms with Crippen LogP contribution in [0.25, 0.3) is 0 Å². The molecule has 120 valence electrons. The fraction of sp³-hybridized carbons (Fsp3) is 0.350. The molecule has 0 aromatic heterocycles. The molecule has 1 amide bonds. The van der Waals surface area contributed by atoms with Gasteiger partial charge >= 0.3 is 0 Å². The maximum absolute atomic E-state index is 13.1. The average Bonchev–Trinajstić information content (AvgIpc) is 2.59. The van der Waals surface area contributed by atoms with Crippen molar-refractivity contribution in [1.29, 1.82) is 0 Å². The molecule has 0 aliphatic carbocycles. The van der Waals surface area contributed by atoms with E-state index < -0.39 is 0 Å². The van der Waals surface area contributed by atoms with E-state index in [0.717, 1.165) is 29.5 Å². The highest BCUT2D eigenvalue weighted by molar-refractivity contribution is 5.85. The largest absolute Gasteiger partial charge is 0.394 e. The van der Waals surface area contributed by atoms with Crippen molar-refractivity contribution >= 4 is 5.91 Å². The number of benzene rings is 2. The number of aliphatic hydroxyl groups is 1. The SMILES string of the molecule is Cc1ccccc1[C@H]1CCCN([C@@H](CO)c2ccccc2)C1=O. The zero-order valence-corrected chi connectivity index (χ0v) is 13.5. The monoisotopic (exact) mass is 309 g/mol. The number of hydrogen-bond donors (Lipinski definition) is 1. The number of aryl methyl sites for hydroxylation is 1. The van der Waals surface area contributed by atoms with Crippen molar-refractivity contribution in [2.75, 3.05) is 13.2 Å². The summed E-state index contributed by atoms with van der Waals surface area (Å²) in [5.41, 5.74) is 3.27. The van der Waals surface area contributed by atoms with Gasteiger partial charge in [0.15, 0.2) is 0 Å². The highest BCUT2D eigenvalue weighted by Crippen LogP contribution is 2.34. The molecule has 0 bridgehead atoms. The summed E-state index contributed by atoms with van der Waals surface area (Å²) < 4.78 is 0. The molecule has 2 atom stereocenters. The molecule has 1 N–H and O–H groups in total. The first-order valence-electron chi connectivity index (χ1n) is 8.24. The van der Waals surface area contributed by atoms with Gasteiger partial charge in [-0.3, -0.25) is 4.79 Å². The van der Waals surface area contributed by atoms with Gasteiger partial charge in [-0.25, -0.2) is 0 Å². The van der Waals surface area contributed by atoms with Gasteiger partial charge in [-0.05, 0) is 36.5 Å². The third-order valence-corrected chi connectivity index (χ3v) is 4.77. The maximum atomic E-state index is 13.1. The lowest BCUT2D eigenvalue weighted by Gasteiger charge is -2.38. The molecule has 1 aliphatic rings. The molecule has 0 unspecified atom stereocenters. The minimum absolute atomic E-state index is 0.0454. The van der Waals surface area contributed by atoms with E-state index in [-0.39, 0.29) is 24.5 Å². The molecule has 3 rings (SSSR count). The average molecular weight is 309 g/mol. The summed E-state index contributed by atoms with van der Waals surface area (Å²) in [4.78, 5) is 14.9. The van der Waals surface area contributed by atoms with E-state index in [1.165, 1.54) is 0 Å². The van der Waals surface area contributed by atoms with Crippen LogP contribution in [0.1, 0.15) is 41.5 Å². The molecular formula is C20H23NO2. The molecule has 3 heteroatoms. The maximum Gasteiger partial charge on any atom is 0.230 e. The number of piperidine rings is 1. The van der Waals surface area contributed by atoms with Gasteiger partial charge in [0.1, 0.15) is 0 Å². The molecule has 2 aromatic rings. The fourth-order valence-electron chi connectivity index (χ4n) is 3.53. The van der Waals surface area contributed by atoms with E-state index in [2.05, 4.69) is 19.1 Å². The van der Waals surface area contributed by atoms with Gasteiger partial charge < -0.3 is 10.0 Å². The van der Waals surface area contributed by atoms with Gasteiger partial charge in [0.25, 0.3) is 0 Å².